The number of rotatable bonds is 8. The van der Waals surface area contributed by atoms with E-state index < -0.39 is 0 Å². The van der Waals surface area contributed by atoms with Crippen LogP contribution in [0.1, 0.15) is 31.2 Å². The number of halogens is 1. The minimum atomic E-state index is -0.226. The molecule has 0 spiro atoms. The van der Waals surface area contributed by atoms with Gasteiger partial charge in [-0.15, -0.1) is 0 Å². The molecule has 0 aliphatic heterocycles. The lowest BCUT2D eigenvalue weighted by atomic mass is 10.1. The smallest absolute Gasteiger partial charge is 0.305 e. The third-order valence-corrected chi connectivity index (χ3v) is 3.36. The van der Waals surface area contributed by atoms with Crippen molar-refractivity contribution in [1.82, 2.24) is 0 Å². The number of unbranched alkanes of at least 4 members (excludes halogenated alkanes) is 1. The van der Waals surface area contributed by atoms with Crippen molar-refractivity contribution in [2.45, 2.75) is 25.7 Å². The molecule has 0 saturated heterocycles. The molecular formula is C17H19BrO3. The van der Waals surface area contributed by atoms with E-state index in [0.717, 1.165) is 10.0 Å². The summed E-state index contributed by atoms with van der Waals surface area (Å²) in [4.78, 5) is 22.5. The Morgan fingerprint density at radius 3 is 2.43 bits per heavy atom. The minimum Gasteiger partial charge on any atom is -0.469 e. The van der Waals surface area contributed by atoms with Crippen LogP contribution in [-0.4, -0.2) is 18.9 Å². The van der Waals surface area contributed by atoms with Crippen molar-refractivity contribution in [2.24, 2.45) is 0 Å². The maximum atomic E-state index is 11.6. The fourth-order valence-electron chi connectivity index (χ4n) is 1.66. The Bertz CT molecular complexity index is 515. The van der Waals surface area contributed by atoms with Crippen LogP contribution in [0.2, 0.25) is 0 Å². The Kier molecular flexibility index (Phi) is 8.36. The van der Waals surface area contributed by atoms with Gasteiger partial charge < -0.3 is 4.74 Å². The van der Waals surface area contributed by atoms with Crippen molar-refractivity contribution in [3.63, 3.8) is 0 Å². The summed E-state index contributed by atoms with van der Waals surface area (Å²) in [5.41, 5.74) is 1.08. The van der Waals surface area contributed by atoms with Gasteiger partial charge in [0.1, 0.15) is 0 Å². The highest BCUT2D eigenvalue weighted by atomic mass is 79.9. The molecule has 21 heavy (non-hydrogen) atoms. The largest absolute Gasteiger partial charge is 0.469 e. The summed E-state index contributed by atoms with van der Waals surface area (Å²) in [6.07, 6.45) is 9.30. The first-order chi connectivity index (χ1) is 10.1. The second kappa shape index (κ2) is 10.1. The van der Waals surface area contributed by atoms with Crippen LogP contribution >= 0.6 is 15.9 Å². The van der Waals surface area contributed by atoms with Crippen molar-refractivity contribution < 1.29 is 14.3 Å². The van der Waals surface area contributed by atoms with E-state index in [1.54, 1.807) is 12.2 Å². The number of hydrogen-bond donors (Lipinski definition) is 0. The first-order valence-corrected chi connectivity index (χ1v) is 7.61. The quantitative estimate of drug-likeness (QED) is 0.303. The lowest BCUT2D eigenvalue weighted by Gasteiger charge is -1.97. The number of hydrogen-bond acceptors (Lipinski definition) is 3. The van der Waals surface area contributed by atoms with Crippen molar-refractivity contribution in [3.05, 3.63) is 52.5 Å². The van der Waals surface area contributed by atoms with Crippen LogP contribution in [0.5, 0.6) is 0 Å². The first-order valence-electron chi connectivity index (χ1n) is 6.82. The molecule has 1 rings (SSSR count). The Morgan fingerprint density at radius 1 is 1.10 bits per heavy atom. The number of ether oxygens (including phenoxy) is 1. The SMILES string of the molecule is COC(=O)CCCCC(=O)/C=C\C=C\c1ccc(Br)cc1. The Morgan fingerprint density at radius 2 is 1.76 bits per heavy atom. The fourth-order valence-corrected chi connectivity index (χ4v) is 1.92. The number of methoxy groups -OCH3 is 1. The van der Waals surface area contributed by atoms with Crippen molar-refractivity contribution >= 4 is 33.8 Å². The summed E-state index contributed by atoms with van der Waals surface area (Å²) >= 11 is 3.38. The van der Waals surface area contributed by atoms with Crippen LogP contribution in [0.4, 0.5) is 0 Å². The van der Waals surface area contributed by atoms with Crippen LogP contribution in [0.25, 0.3) is 6.08 Å². The molecule has 0 amide bonds. The summed E-state index contributed by atoms with van der Waals surface area (Å²) < 4.78 is 5.58. The summed E-state index contributed by atoms with van der Waals surface area (Å²) in [5.74, 6) is -0.157. The second-order valence-electron chi connectivity index (χ2n) is 4.52. The van der Waals surface area contributed by atoms with Crippen LogP contribution in [0.15, 0.2) is 47.0 Å². The van der Waals surface area contributed by atoms with Gasteiger partial charge in [-0.2, -0.15) is 0 Å². The highest BCUT2D eigenvalue weighted by Crippen LogP contribution is 2.11. The molecule has 0 radical (unpaired) electrons. The van der Waals surface area contributed by atoms with Gasteiger partial charge in [-0.25, -0.2) is 0 Å². The van der Waals surface area contributed by atoms with E-state index in [1.807, 2.05) is 36.4 Å². The molecule has 0 saturated carbocycles. The van der Waals surface area contributed by atoms with Crippen molar-refractivity contribution in [2.75, 3.05) is 7.11 Å². The molecular weight excluding hydrogens is 332 g/mol. The number of esters is 1. The van der Waals surface area contributed by atoms with E-state index in [4.69, 9.17) is 0 Å². The van der Waals surface area contributed by atoms with Gasteiger partial charge in [0.2, 0.25) is 0 Å². The van der Waals surface area contributed by atoms with E-state index in [1.165, 1.54) is 7.11 Å². The zero-order chi connectivity index (χ0) is 15.5. The molecule has 3 nitrogen and oxygen atoms in total. The van der Waals surface area contributed by atoms with Gasteiger partial charge in [0.15, 0.2) is 5.78 Å². The van der Waals surface area contributed by atoms with E-state index in [2.05, 4.69) is 20.7 Å². The summed E-state index contributed by atoms with van der Waals surface area (Å²) in [6, 6.07) is 7.91. The number of carbonyl (C=O) groups is 2. The maximum Gasteiger partial charge on any atom is 0.305 e. The summed E-state index contributed by atoms with van der Waals surface area (Å²) in [5, 5.41) is 0. The molecule has 0 bridgehead atoms. The fraction of sp³-hybridized carbons (Fsp3) is 0.294. The predicted octanol–water partition coefficient (Wildman–Crippen LogP) is 4.32. The lowest BCUT2D eigenvalue weighted by Crippen LogP contribution is -2.00. The van der Waals surface area contributed by atoms with Crippen LogP contribution in [0, 0.1) is 0 Å². The van der Waals surface area contributed by atoms with Gasteiger partial charge in [-0.3, -0.25) is 9.59 Å². The Balaban J connectivity index is 2.24. The highest BCUT2D eigenvalue weighted by Gasteiger charge is 2.01. The Labute approximate surface area is 133 Å². The molecule has 0 atom stereocenters. The van der Waals surface area contributed by atoms with E-state index in [0.29, 0.717) is 25.7 Å². The molecule has 0 unspecified atom stereocenters. The number of allylic oxidation sites excluding steroid dienone is 3. The molecule has 1 aromatic carbocycles. The standard InChI is InChI=1S/C17H19BrO3/c1-21-17(20)9-5-4-8-16(19)7-3-2-6-14-10-12-15(18)13-11-14/h2-3,6-7,10-13H,4-5,8-9H2,1H3/b6-2+,7-3-. The van der Waals surface area contributed by atoms with Crippen LogP contribution in [-0.2, 0) is 14.3 Å². The molecule has 0 aliphatic carbocycles. The number of benzene rings is 1. The second-order valence-corrected chi connectivity index (χ2v) is 5.44. The van der Waals surface area contributed by atoms with Gasteiger partial charge >= 0.3 is 5.97 Å². The minimum absolute atomic E-state index is 0.0697. The number of ketones is 1. The van der Waals surface area contributed by atoms with Gasteiger partial charge in [-0.05, 0) is 36.6 Å². The normalized spacial score (nSPS) is 11.1. The maximum absolute atomic E-state index is 11.6. The van der Waals surface area contributed by atoms with Gasteiger partial charge in [-0.1, -0.05) is 46.3 Å². The van der Waals surface area contributed by atoms with Gasteiger partial charge in [0.25, 0.3) is 0 Å². The zero-order valence-electron chi connectivity index (χ0n) is 12.0. The van der Waals surface area contributed by atoms with Crippen LogP contribution < -0.4 is 0 Å². The zero-order valence-corrected chi connectivity index (χ0v) is 13.6. The molecule has 0 heterocycles. The molecule has 0 aliphatic rings. The monoisotopic (exact) mass is 350 g/mol. The van der Waals surface area contributed by atoms with E-state index in [-0.39, 0.29) is 11.8 Å². The van der Waals surface area contributed by atoms with Crippen molar-refractivity contribution in [3.8, 4) is 0 Å². The molecule has 112 valence electrons. The average molecular weight is 351 g/mol. The summed E-state index contributed by atoms with van der Waals surface area (Å²) in [7, 11) is 1.37. The molecule has 0 N–H and O–H groups in total. The third-order valence-electron chi connectivity index (χ3n) is 2.83. The number of carbonyl (C=O) groups excluding carboxylic acids is 2. The summed E-state index contributed by atoms with van der Waals surface area (Å²) in [6.45, 7) is 0. The lowest BCUT2D eigenvalue weighted by molar-refractivity contribution is -0.140. The third kappa shape index (κ3) is 8.25. The van der Waals surface area contributed by atoms with Crippen molar-refractivity contribution in [1.29, 1.82) is 0 Å². The molecule has 0 aromatic heterocycles. The predicted molar refractivity (Wildman–Crippen MR) is 87.8 cm³/mol. The molecule has 1 aromatic rings. The van der Waals surface area contributed by atoms with E-state index >= 15 is 0 Å². The highest BCUT2D eigenvalue weighted by molar-refractivity contribution is 9.10. The molecule has 0 fully saturated rings. The van der Waals surface area contributed by atoms with E-state index in [9.17, 15) is 9.59 Å². The first kappa shape index (κ1) is 17.4. The van der Waals surface area contributed by atoms with Crippen LogP contribution in [0.3, 0.4) is 0 Å². The van der Waals surface area contributed by atoms with Gasteiger partial charge in [0, 0.05) is 17.3 Å². The average Bonchev–Trinajstić information content (AvgIpc) is 2.49. The topological polar surface area (TPSA) is 43.4 Å². The Hall–Kier alpha value is -1.68. The molecule has 4 heteroatoms. The van der Waals surface area contributed by atoms with Gasteiger partial charge in [0.05, 0.1) is 7.11 Å².